The van der Waals surface area contributed by atoms with Crippen molar-refractivity contribution in [2.24, 2.45) is 7.05 Å². The van der Waals surface area contributed by atoms with Gasteiger partial charge in [-0.3, -0.25) is 9.48 Å². The van der Waals surface area contributed by atoms with E-state index in [1.54, 1.807) is 12.1 Å². The summed E-state index contributed by atoms with van der Waals surface area (Å²) in [5, 5.41) is 5.55. The lowest BCUT2D eigenvalue weighted by Gasteiger charge is -2.42. The number of fused-ring (bicyclic) bond motifs is 1. The van der Waals surface area contributed by atoms with E-state index in [0.29, 0.717) is 50.6 Å². The highest BCUT2D eigenvalue weighted by Gasteiger charge is 2.46. The van der Waals surface area contributed by atoms with Crippen LogP contribution in [0.4, 0.5) is 4.39 Å². The predicted octanol–water partition coefficient (Wildman–Crippen LogP) is 3.87. The standard InChI is InChI=1S/C25H29FN4O2/c1-17-19-7-8-22(27-23(19)29(2)28-17)18-9-13-30(14-10-18)24(31)25(11-15-32-16-12-25)20-5-3-4-6-21(20)26/h3-8,18H,9-16H2,1-2H3. The number of nitrogens with zero attached hydrogens (tertiary/aromatic N) is 4. The molecule has 4 heterocycles. The summed E-state index contributed by atoms with van der Waals surface area (Å²) in [4.78, 5) is 20.6. The maximum atomic E-state index is 14.8. The lowest BCUT2D eigenvalue weighted by atomic mass is 9.72. The molecule has 6 nitrogen and oxygen atoms in total. The minimum Gasteiger partial charge on any atom is -0.381 e. The number of ether oxygens (including phenoxy) is 1. The third-order valence-electron chi connectivity index (χ3n) is 7.24. The molecule has 0 spiro atoms. The lowest BCUT2D eigenvalue weighted by molar-refractivity contribution is -0.142. The number of likely N-dealkylation sites (tertiary alicyclic amines) is 1. The van der Waals surface area contributed by atoms with Gasteiger partial charge >= 0.3 is 0 Å². The van der Waals surface area contributed by atoms with Crippen molar-refractivity contribution in [1.29, 1.82) is 0 Å². The fourth-order valence-electron chi connectivity index (χ4n) is 5.39. The third-order valence-corrected chi connectivity index (χ3v) is 7.24. The smallest absolute Gasteiger partial charge is 0.233 e. The van der Waals surface area contributed by atoms with Gasteiger partial charge in [-0.2, -0.15) is 5.10 Å². The quantitative estimate of drug-likeness (QED) is 0.625. The zero-order valence-electron chi connectivity index (χ0n) is 18.7. The Morgan fingerprint density at radius 2 is 1.84 bits per heavy atom. The molecule has 2 aliphatic rings. The maximum absolute atomic E-state index is 14.8. The number of benzene rings is 1. The molecule has 0 atom stereocenters. The van der Waals surface area contributed by atoms with Gasteiger partial charge in [0.1, 0.15) is 5.82 Å². The van der Waals surface area contributed by atoms with E-state index in [2.05, 4.69) is 17.2 Å². The average molecular weight is 437 g/mol. The van der Waals surface area contributed by atoms with Crippen LogP contribution in [-0.2, 0) is 22.0 Å². The van der Waals surface area contributed by atoms with Crippen molar-refractivity contribution in [1.82, 2.24) is 19.7 Å². The number of piperidine rings is 1. The fourth-order valence-corrected chi connectivity index (χ4v) is 5.39. The Kier molecular flexibility index (Phi) is 5.45. The van der Waals surface area contributed by atoms with Crippen molar-refractivity contribution >= 4 is 16.9 Å². The molecule has 2 fully saturated rings. The second kappa shape index (κ2) is 8.28. The van der Waals surface area contributed by atoms with Gasteiger partial charge in [-0.1, -0.05) is 18.2 Å². The number of carbonyl (C=O) groups is 1. The van der Waals surface area contributed by atoms with Crippen LogP contribution in [0, 0.1) is 12.7 Å². The number of hydrogen-bond acceptors (Lipinski definition) is 4. The number of halogens is 1. The summed E-state index contributed by atoms with van der Waals surface area (Å²) in [7, 11) is 1.92. The molecule has 7 heteroatoms. The SMILES string of the molecule is Cc1nn(C)c2nc(C3CCN(C(=O)C4(c5ccccc5F)CCOCC4)CC3)ccc12. The van der Waals surface area contributed by atoms with Crippen LogP contribution < -0.4 is 0 Å². The molecule has 5 rings (SSSR count). The topological polar surface area (TPSA) is 60.2 Å². The van der Waals surface area contributed by atoms with Crippen molar-refractivity contribution in [3.8, 4) is 0 Å². The minimum absolute atomic E-state index is 0.0371. The Bertz CT molecular complexity index is 1140. The molecule has 2 aliphatic heterocycles. The number of hydrogen-bond donors (Lipinski definition) is 0. The van der Waals surface area contributed by atoms with Crippen molar-refractivity contribution in [2.45, 2.75) is 43.9 Å². The molecule has 0 unspecified atom stereocenters. The highest BCUT2D eigenvalue weighted by Crippen LogP contribution is 2.39. The number of aryl methyl sites for hydroxylation is 2. The van der Waals surface area contributed by atoms with Crippen LogP contribution in [0.1, 0.15) is 48.6 Å². The average Bonchev–Trinajstić information content (AvgIpc) is 3.12. The lowest BCUT2D eigenvalue weighted by Crippen LogP contribution is -2.52. The highest BCUT2D eigenvalue weighted by molar-refractivity contribution is 5.88. The molecule has 1 amide bonds. The number of pyridine rings is 1. The first-order valence-electron chi connectivity index (χ1n) is 11.4. The fraction of sp³-hybridized carbons (Fsp3) is 0.480. The number of rotatable bonds is 3. The van der Waals surface area contributed by atoms with Gasteiger partial charge in [0.15, 0.2) is 5.65 Å². The first-order valence-corrected chi connectivity index (χ1v) is 11.4. The molecule has 0 saturated carbocycles. The van der Waals surface area contributed by atoms with Gasteiger partial charge in [-0.05, 0) is 50.8 Å². The van der Waals surface area contributed by atoms with Crippen LogP contribution in [-0.4, -0.2) is 51.9 Å². The summed E-state index contributed by atoms with van der Waals surface area (Å²) < 4.78 is 22.1. The molecule has 1 aromatic carbocycles. The summed E-state index contributed by atoms with van der Waals surface area (Å²) in [5.41, 5.74) is 2.62. The van der Waals surface area contributed by atoms with Crippen molar-refractivity contribution < 1.29 is 13.9 Å². The Hall–Kier alpha value is -2.80. The van der Waals surface area contributed by atoms with E-state index >= 15 is 0 Å². The van der Waals surface area contributed by atoms with Crippen LogP contribution >= 0.6 is 0 Å². The summed E-state index contributed by atoms with van der Waals surface area (Å²) in [6, 6.07) is 10.9. The van der Waals surface area contributed by atoms with Gasteiger partial charge in [-0.25, -0.2) is 9.37 Å². The zero-order chi connectivity index (χ0) is 22.3. The third kappa shape index (κ3) is 3.48. The van der Waals surface area contributed by atoms with Gasteiger partial charge in [0, 0.05) is 55.9 Å². The largest absolute Gasteiger partial charge is 0.381 e. The number of carbonyl (C=O) groups excluding carboxylic acids is 1. The normalized spacial score (nSPS) is 19.4. The first kappa shape index (κ1) is 21.1. The first-order chi connectivity index (χ1) is 15.5. The van der Waals surface area contributed by atoms with Gasteiger partial charge in [-0.15, -0.1) is 0 Å². The minimum atomic E-state index is -0.834. The molecule has 3 aromatic rings. The Labute approximate surface area is 187 Å². The van der Waals surface area contributed by atoms with E-state index < -0.39 is 5.41 Å². The van der Waals surface area contributed by atoms with Crippen LogP contribution in [0.25, 0.3) is 11.0 Å². The molecule has 2 aromatic heterocycles. The van der Waals surface area contributed by atoms with Crippen LogP contribution in [0.3, 0.4) is 0 Å². The second-order valence-electron chi connectivity index (χ2n) is 9.06. The number of amides is 1. The molecule has 0 bridgehead atoms. The van der Waals surface area contributed by atoms with E-state index in [0.717, 1.165) is 35.3 Å². The van der Waals surface area contributed by atoms with Gasteiger partial charge in [0.2, 0.25) is 5.91 Å². The van der Waals surface area contributed by atoms with Crippen LogP contribution in [0.15, 0.2) is 36.4 Å². The zero-order valence-corrected chi connectivity index (χ0v) is 18.7. The molecule has 0 aliphatic carbocycles. The van der Waals surface area contributed by atoms with Gasteiger partial charge < -0.3 is 9.64 Å². The van der Waals surface area contributed by atoms with Crippen molar-refractivity contribution in [3.05, 3.63) is 59.2 Å². The van der Waals surface area contributed by atoms with E-state index in [-0.39, 0.29) is 11.7 Å². The monoisotopic (exact) mass is 436 g/mol. The Morgan fingerprint density at radius 1 is 1.12 bits per heavy atom. The highest BCUT2D eigenvalue weighted by atomic mass is 19.1. The summed E-state index contributed by atoms with van der Waals surface area (Å²) in [6.07, 6.45) is 2.74. The molecular weight excluding hydrogens is 407 g/mol. The van der Waals surface area contributed by atoms with E-state index in [4.69, 9.17) is 9.72 Å². The molecule has 32 heavy (non-hydrogen) atoms. The van der Waals surface area contributed by atoms with E-state index in [1.165, 1.54) is 6.07 Å². The van der Waals surface area contributed by atoms with Crippen LogP contribution in [0.5, 0.6) is 0 Å². The molecule has 2 saturated heterocycles. The predicted molar refractivity (Wildman–Crippen MR) is 120 cm³/mol. The second-order valence-corrected chi connectivity index (χ2v) is 9.06. The summed E-state index contributed by atoms with van der Waals surface area (Å²) in [6.45, 7) is 4.26. The maximum Gasteiger partial charge on any atom is 0.233 e. The summed E-state index contributed by atoms with van der Waals surface area (Å²) in [5.74, 6) is 0.0365. The van der Waals surface area contributed by atoms with E-state index in [1.807, 2.05) is 29.6 Å². The molecule has 0 radical (unpaired) electrons. The van der Waals surface area contributed by atoms with Crippen molar-refractivity contribution in [2.75, 3.05) is 26.3 Å². The van der Waals surface area contributed by atoms with Crippen molar-refractivity contribution in [3.63, 3.8) is 0 Å². The van der Waals surface area contributed by atoms with Gasteiger partial charge in [0.05, 0.1) is 11.1 Å². The summed E-state index contributed by atoms with van der Waals surface area (Å²) >= 11 is 0. The van der Waals surface area contributed by atoms with E-state index in [9.17, 15) is 9.18 Å². The Morgan fingerprint density at radius 3 is 2.56 bits per heavy atom. The van der Waals surface area contributed by atoms with Gasteiger partial charge in [0.25, 0.3) is 0 Å². The number of aromatic nitrogens is 3. The van der Waals surface area contributed by atoms with Crippen LogP contribution in [0.2, 0.25) is 0 Å². The molecule has 0 N–H and O–H groups in total. The molecular formula is C25H29FN4O2. The Balaban J connectivity index is 1.35. The molecule has 168 valence electrons.